The van der Waals surface area contributed by atoms with Crippen LogP contribution in [0.15, 0.2) is 60.7 Å². The van der Waals surface area contributed by atoms with Crippen LogP contribution in [0.1, 0.15) is 42.6 Å². The average molecular weight is 351 g/mol. The van der Waals surface area contributed by atoms with Crippen LogP contribution in [0, 0.1) is 12.7 Å². The standard InChI is InChI=1S/C23H26FNO/c1-5-18(16(2)3)15-22-17(4)14-23(19-10-12-26-13-11-19)25(22)21-8-6-20(24)7-9-21/h5-9,14-15,19H,1-2,10-13H2,3-4H3/b18-15-. The van der Waals surface area contributed by atoms with Gasteiger partial charge in [0.25, 0.3) is 0 Å². The molecule has 0 amide bonds. The summed E-state index contributed by atoms with van der Waals surface area (Å²) in [4.78, 5) is 0. The molecule has 1 aliphatic heterocycles. The number of aromatic nitrogens is 1. The first-order chi connectivity index (χ1) is 12.5. The molecule has 136 valence electrons. The van der Waals surface area contributed by atoms with Crippen molar-refractivity contribution in [1.82, 2.24) is 4.57 Å². The van der Waals surface area contributed by atoms with Crippen LogP contribution in [0.4, 0.5) is 4.39 Å². The Morgan fingerprint density at radius 3 is 2.46 bits per heavy atom. The van der Waals surface area contributed by atoms with Crippen molar-refractivity contribution in [2.75, 3.05) is 13.2 Å². The van der Waals surface area contributed by atoms with Crippen molar-refractivity contribution < 1.29 is 9.13 Å². The van der Waals surface area contributed by atoms with Crippen LogP contribution < -0.4 is 0 Å². The fraction of sp³-hybridized carbons (Fsp3) is 0.304. The molecule has 0 spiro atoms. The topological polar surface area (TPSA) is 14.2 Å². The fourth-order valence-corrected chi connectivity index (χ4v) is 3.53. The second-order valence-electron chi connectivity index (χ2n) is 6.92. The van der Waals surface area contributed by atoms with Crippen LogP contribution in [0.3, 0.4) is 0 Å². The van der Waals surface area contributed by atoms with Crippen molar-refractivity contribution in [1.29, 1.82) is 0 Å². The number of benzene rings is 1. The Morgan fingerprint density at radius 2 is 1.88 bits per heavy atom. The number of rotatable bonds is 5. The average Bonchev–Trinajstić information content (AvgIpc) is 2.97. The molecule has 0 N–H and O–H groups in total. The molecule has 0 saturated carbocycles. The summed E-state index contributed by atoms with van der Waals surface area (Å²) in [6.07, 6.45) is 5.96. The summed E-state index contributed by atoms with van der Waals surface area (Å²) < 4.78 is 21.3. The minimum atomic E-state index is -0.226. The van der Waals surface area contributed by atoms with Gasteiger partial charge in [0, 0.05) is 36.2 Å². The second-order valence-corrected chi connectivity index (χ2v) is 6.92. The molecule has 0 atom stereocenters. The van der Waals surface area contributed by atoms with Crippen LogP contribution in [0.5, 0.6) is 0 Å². The lowest BCUT2D eigenvalue weighted by atomic mass is 9.96. The van der Waals surface area contributed by atoms with E-state index in [4.69, 9.17) is 4.74 Å². The highest BCUT2D eigenvalue weighted by Gasteiger charge is 2.23. The molecule has 0 aliphatic carbocycles. The number of hydrogen-bond acceptors (Lipinski definition) is 1. The van der Waals surface area contributed by atoms with Gasteiger partial charge in [0.2, 0.25) is 0 Å². The molecular formula is C23H26FNO. The first-order valence-electron chi connectivity index (χ1n) is 9.07. The van der Waals surface area contributed by atoms with E-state index in [0.29, 0.717) is 5.92 Å². The minimum absolute atomic E-state index is 0.226. The zero-order valence-electron chi connectivity index (χ0n) is 15.6. The third-order valence-electron chi connectivity index (χ3n) is 5.00. The highest BCUT2D eigenvalue weighted by atomic mass is 19.1. The zero-order valence-corrected chi connectivity index (χ0v) is 15.6. The van der Waals surface area contributed by atoms with E-state index >= 15 is 0 Å². The van der Waals surface area contributed by atoms with E-state index in [2.05, 4.69) is 36.8 Å². The first-order valence-corrected chi connectivity index (χ1v) is 9.07. The molecule has 1 aromatic heterocycles. The Balaban J connectivity index is 2.19. The summed E-state index contributed by atoms with van der Waals surface area (Å²) in [7, 11) is 0. The number of aryl methyl sites for hydroxylation is 1. The normalized spacial score (nSPS) is 15.9. The summed E-state index contributed by atoms with van der Waals surface area (Å²) >= 11 is 0. The van der Waals surface area contributed by atoms with E-state index in [9.17, 15) is 4.39 Å². The largest absolute Gasteiger partial charge is 0.381 e. The summed E-state index contributed by atoms with van der Waals surface area (Å²) in [6, 6.07) is 8.95. The number of halogens is 1. The van der Waals surface area contributed by atoms with E-state index in [1.165, 1.54) is 23.4 Å². The second kappa shape index (κ2) is 7.88. The molecule has 26 heavy (non-hydrogen) atoms. The Kier molecular flexibility index (Phi) is 5.58. The zero-order chi connectivity index (χ0) is 18.7. The molecule has 2 heterocycles. The van der Waals surface area contributed by atoms with E-state index in [1.54, 1.807) is 0 Å². The van der Waals surface area contributed by atoms with Crippen molar-refractivity contribution in [3.8, 4) is 5.69 Å². The van der Waals surface area contributed by atoms with Crippen LogP contribution in [-0.2, 0) is 4.74 Å². The highest BCUT2D eigenvalue weighted by Crippen LogP contribution is 2.34. The van der Waals surface area contributed by atoms with Gasteiger partial charge in [-0.25, -0.2) is 4.39 Å². The van der Waals surface area contributed by atoms with Gasteiger partial charge in [-0.15, -0.1) is 0 Å². The van der Waals surface area contributed by atoms with Gasteiger partial charge in [-0.1, -0.05) is 24.8 Å². The molecule has 0 unspecified atom stereocenters. The third kappa shape index (κ3) is 3.73. The number of ether oxygens (including phenoxy) is 1. The monoisotopic (exact) mass is 351 g/mol. The molecule has 1 fully saturated rings. The molecule has 2 aromatic rings. The van der Waals surface area contributed by atoms with E-state index in [-0.39, 0.29) is 5.82 Å². The molecule has 0 bridgehead atoms. The minimum Gasteiger partial charge on any atom is -0.381 e. The Bertz CT molecular complexity index is 836. The summed E-state index contributed by atoms with van der Waals surface area (Å²) in [5.41, 5.74) is 6.49. The lowest BCUT2D eigenvalue weighted by Crippen LogP contribution is -2.17. The van der Waals surface area contributed by atoms with Crippen molar-refractivity contribution in [2.24, 2.45) is 0 Å². The first kappa shape index (κ1) is 18.4. The van der Waals surface area contributed by atoms with Gasteiger partial charge in [0.15, 0.2) is 0 Å². The van der Waals surface area contributed by atoms with Crippen molar-refractivity contribution in [2.45, 2.75) is 32.6 Å². The molecule has 3 rings (SSSR count). The van der Waals surface area contributed by atoms with Gasteiger partial charge in [-0.05, 0) is 74.2 Å². The fourth-order valence-electron chi connectivity index (χ4n) is 3.53. The number of allylic oxidation sites excluding steroid dienone is 3. The van der Waals surface area contributed by atoms with E-state index in [0.717, 1.165) is 48.6 Å². The van der Waals surface area contributed by atoms with Gasteiger partial charge in [0.1, 0.15) is 5.82 Å². The SMILES string of the molecule is C=C/C(=C/c1c(C)cc(C2CCOCC2)n1-c1ccc(F)cc1)C(=C)C. The summed E-state index contributed by atoms with van der Waals surface area (Å²) in [6.45, 7) is 13.6. The van der Waals surface area contributed by atoms with Crippen LogP contribution in [0.2, 0.25) is 0 Å². The van der Waals surface area contributed by atoms with Gasteiger partial charge in [-0.2, -0.15) is 0 Å². The summed E-state index contributed by atoms with van der Waals surface area (Å²) in [5.74, 6) is 0.211. The maximum Gasteiger partial charge on any atom is 0.123 e. The maximum atomic E-state index is 13.5. The smallest absolute Gasteiger partial charge is 0.123 e. The third-order valence-corrected chi connectivity index (χ3v) is 5.00. The van der Waals surface area contributed by atoms with Gasteiger partial charge in [0.05, 0.1) is 0 Å². The van der Waals surface area contributed by atoms with Crippen LogP contribution >= 0.6 is 0 Å². The van der Waals surface area contributed by atoms with E-state index in [1.807, 2.05) is 25.1 Å². The van der Waals surface area contributed by atoms with Crippen molar-refractivity contribution >= 4 is 6.08 Å². The molecule has 1 aliphatic rings. The molecule has 3 heteroatoms. The number of nitrogens with zero attached hydrogens (tertiary/aromatic N) is 1. The predicted molar refractivity (Wildman–Crippen MR) is 106 cm³/mol. The lowest BCUT2D eigenvalue weighted by molar-refractivity contribution is 0.0842. The Hall–Kier alpha value is -2.39. The Morgan fingerprint density at radius 1 is 1.23 bits per heavy atom. The molecule has 1 aromatic carbocycles. The quantitative estimate of drug-likeness (QED) is 0.606. The van der Waals surface area contributed by atoms with Crippen LogP contribution in [-0.4, -0.2) is 17.8 Å². The van der Waals surface area contributed by atoms with Gasteiger partial charge in [-0.3, -0.25) is 0 Å². The highest BCUT2D eigenvalue weighted by molar-refractivity contribution is 5.64. The maximum absolute atomic E-state index is 13.5. The Labute approximate surface area is 155 Å². The number of hydrogen-bond donors (Lipinski definition) is 0. The lowest BCUT2D eigenvalue weighted by Gasteiger charge is -2.24. The molecule has 1 saturated heterocycles. The molecular weight excluding hydrogens is 325 g/mol. The van der Waals surface area contributed by atoms with Gasteiger partial charge < -0.3 is 9.30 Å². The predicted octanol–water partition coefficient (Wildman–Crippen LogP) is 5.96. The van der Waals surface area contributed by atoms with Crippen molar-refractivity contribution in [3.63, 3.8) is 0 Å². The summed E-state index contributed by atoms with van der Waals surface area (Å²) in [5, 5.41) is 0. The molecule has 2 nitrogen and oxygen atoms in total. The van der Waals surface area contributed by atoms with Gasteiger partial charge >= 0.3 is 0 Å². The van der Waals surface area contributed by atoms with Crippen molar-refractivity contribution in [3.05, 3.63) is 83.5 Å². The molecule has 0 radical (unpaired) electrons. The van der Waals surface area contributed by atoms with E-state index < -0.39 is 0 Å². The van der Waals surface area contributed by atoms with Crippen LogP contribution in [0.25, 0.3) is 11.8 Å².